The molecule has 1 saturated carbocycles. The van der Waals surface area contributed by atoms with Gasteiger partial charge in [-0.3, -0.25) is 4.99 Å². The van der Waals surface area contributed by atoms with Crippen LogP contribution in [0.25, 0.3) is 0 Å². The molecule has 4 rings (SSSR count). The van der Waals surface area contributed by atoms with Gasteiger partial charge in [0.2, 0.25) is 0 Å². The number of halogens is 1. The number of aliphatic imine (C=N–C) groups is 1. The Hall–Kier alpha value is -1.02. The van der Waals surface area contributed by atoms with Crippen LogP contribution in [0.15, 0.2) is 29.3 Å². The van der Waals surface area contributed by atoms with E-state index in [0.29, 0.717) is 6.04 Å². The summed E-state index contributed by atoms with van der Waals surface area (Å²) in [6, 6.07) is 10.3. The molecule has 0 spiro atoms. The second-order valence-electron chi connectivity index (χ2n) is 8.50. The molecule has 2 bridgehead atoms. The molecule has 0 radical (unpaired) electrons. The molecule has 1 aliphatic carbocycles. The summed E-state index contributed by atoms with van der Waals surface area (Å²) in [6.45, 7) is 1.59. The molecule has 2 atom stereocenters. The smallest absolute Gasteiger partial charge is 0.191 e. The Balaban J connectivity index is 0.00000225. The average molecular weight is 498 g/mol. The maximum atomic E-state index is 6.03. The first-order valence-corrected chi connectivity index (χ1v) is 10.6. The Morgan fingerprint density at radius 3 is 2.54 bits per heavy atom. The van der Waals surface area contributed by atoms with Gasteiger partial charge < -0.3 is 20.3 Å². The molecular formula is C22H35IN4O. The van der Waals surface area contributed by atoms with Crippen molar-refractivity contribution in [1.29, 1.82) is 0 Å². The summed E-state index contributed by atoms with van der Waals surface area (Å²) in [7, 11) is 4.16. The molecule has 1 aromatic rings. The molecule has 28 heavy (non-hydrogen) atoms. The second kappa shape index (κ2) is 10.1. The van der Waals surface area contributed by atoms with E-state index in [9.17, 15) is 0 Å². The summed E-state index contributed by atoms with van der Waals surface area (Å²) < 4.78 is 6.03. The van der Waals surface area contributed by atoms with Crippen LogP contribution in [0.1, 0.15) is 50.5 Å². The fraction of sp³-hybridized carbons (Fsp3) is 0.682. The van der Waals surface area contributed by atoms with Gasteiger partial charge in [0.15, 0.2) is 5.96 Å². The van der Waals surface area contributed by atoms with Gasteiger partial charge in [0.25, 0.3) is 0 Å². The van der Waals surface area contributed by atoms with Gasteiger partial charge in [0, 0.05) is 37.3 Å². The van der Waals surface area contributed by atoms with E-state index < -0.39 is 0 Å². The van der Waals surface area contributed by atoms with Gasteiger partial charge in [-0.1, -0.05) is 24.6 Å². The number of nitrogens with zero attached hydrogens (tertiary/aromatic N) is 2. The maximum absolute atomic E-state index is 6.03. The van der Waals surface area contributed by atoms with Gasteiger partial charge in [0.05, 0.1) is 6.61 Å². The van der Waals surface area contributed by atoms with E-state index in [1.807, 2.05) is 7.05 Å². The highest BCUT2D eigenvalue weighted by molar-refractivity contribution is 14.0. The number of hydrogen-bond acceptors (Lipinski definition) is 3. The summed E-state index contributed by atoms with van der Waals surface area (Å²) in [6.07, 6.45) is 9.12. The Bertz CT molecular complexity index is 650. The molecule has 2 aliphatic heterocycles. The van der Waals surface area contributed by atoms with E-state index in [-0.39, 0.29) is 24.0 Å². The van der Waals surface area contributed by atoms with Crippen LogP contribution in [0, 0.1) is 5.92 Å². The fourth-order valence-corrected chi connectivity index (χ4v) is 4.58. The zero-order valence-electron chi connectivity index (χ0n) is 17.2. The lowest BCUT2D eigenvalue weighted by molar-refractivity contribution is 0.0526. The summed E-state index contributed by atoms with van der Waals surface area (Å²) >= 11 is 0. The zero-order valence-corrected chi connectivity index (χ0v) is 19.5. The van der Waals surface area contributed by atoms with E-state index in [1.165, 1.54) is 50.5 Å². The molecule has 3 fully saturated rings. The SMILES string of the molecule is CN=C(NCc1ccccc1OCC1CC1)NC1CC2CCCC(C1)N2C.I. The van der Waals surface area contributed by atoms with E-state index >= 15 is 0 Å². The molecule has 6 heteroatoms. The second-order valence-corrected chi connectivity index (χ2v) is 8.50. The molecule has 2 unspecified atom stereocenters. The third kappa shape index (κ3) is 5.53. The fourth-order valence-electron chi connectivity index (χ4n) is 4.58. The number of benzene rings is 1. The number of fused-ring (bicyclic) bond motifs is 2. The molecule has 156 valence electrons. The van der Waals surface area contributed by atoms with Crippen LogP contribution in [-0.2, 0) is 6.54 Å². The molecule has 0 amide bonds. The van der Waals surface area contributed by atoms with E-state index in [1.54, 1.807) is 0 Å². The van der Waals surface area contributed by atoms with Crippen LogP contribution in [0.4, 0.5) is 0 Å². The molecular weight excluding hydrogens is 463 g/mol. The average Bonchev–Trinajstić information content (AvgIpc) is 3.49. The maximum Gasteiger partial charge on any atom is 0.191 e. The van der Waals surface area contributed by atoms with Crippen molar-refractivity contribution >= 4 is 29.9 Å². The first-order chi connectivity index (χ1) is 13.2. The third-order valence-corrected chi connectivity index (χ3v) is 6.49. The molecule has 0 aromatic heterocycles. The van der Waals surface area contributed by atoms with Crippen molar-refractivity contribution in [3.05, 3.63) is 29.8 Å². The van der Waals surface area contributed by atoms with Crippen LogP contribution in [-0.4, -0.2) is 49.7 Å². The van der Waals surface area contributed by atoms with Gasteiger partial charge in [-0.05, 0) is 57.6 Å². The van der Waals surface area contributed by atoms with Crippen molar-refractivity contribution in [3.8, 4) is 5.75 Å². The highest BCUT2D eigenvalue weighted by atomic mass is 127. The molecule has 1 aromatic carbocycles. The van der Waals surface area contributed by atoms with E-state index in [0.717, 1.165) is 42.9 Å². The van der Waals surface area contributed by atoms with Gasteiger partial charge in [-0.15, -0.1) is 24.0 Å². The predicted octanol–water partition coefficient (Wildman–Crippen LogP) is 3.77. The summed E-state index contributed by atoms with van der Waals surface area (Å²) in [4.78, 5) is 7.07. The standard InChI is InChI=1S/C22H34N4O.HI/c1-23-22(25-18-12-19-7-5-8-20(13-18)26(19)2)24-14-17-6-3-4-9-21(17)27-15-16-10-11-16;/h3-4,6,9,16,18-20H,5,7-8,10-15H2,1-2H3,(H2,23,24,25);1H. The molecule has 2 heterocycles. The lowest BCUT2D eigenvalue weighted by Crippen LogP contribution is -2.56. The van der Waals surface area contributed by atoms with Crippen LogP contribution in [0.2, 0.25) is 0 Å². The van der Waals surface area contributed by atoms with Crippen molar-refractivity contribution in [2.45, 2.75) is 69.6 Å². The monoisotopic (exact) mass is 498 g/mol. The van der Waals surface area contributed by atoms with Gasteiger partial charge in [-0.25, -0.2) is 0 Å². The Labute approximate surface area is 186 Å². The quantitative estimate of drug-likeness (QED) is 0.356. The topological polar surface area (TPSA) is 48.9 Å². The number of nitrogens with one attached hydrogen (secondary N) is 2. The Kier molecular flexibility index (Phi) is 7.85. The molecule has 2 N–H and O–H groups in total. The number of ether oxygens (including phenoxy) is 1. The van der Waals surface area contributed by atoms with Crippen LogP contribution in [0.3, 0.4) is 0 Å². The van der Waals surface area contributed by atoms with Crippen molar-refractivity contribution in [3.63, 3.8) is 0 Å². The third-order valence-electron chi connectivity index (χ3n) is 6.49. The van der Waals surface area contributed by atoms with Crippen LogP contribution in [0.5, 0.6) is 5.75 Å². The van der Waals surface area contributed by atoms with Crippen molar-refractivity contribution in [2.75, 3.05) is 20.7 Å². The normalized spacial score (nSPS) is 27.6. The minimum absolute atomic E-state index is 0. The molecule has 5 nitrogen and oxygen atoms in total. The first kappa shape index (κ1) is 21.7. The van der Waals surface area contributed by atoms with E-state index in [4.69, 9.17) is 4.74 Å². The highest BCUT2D eigenvalue weighted by Gasteiger charge is 2.36. The van der Waals surface area contributed by atoms with Crippen LogP contribution < -0.4 is 15.4 Å². The summed E-state index contributed by atoms with van der Waals surface area (Å²) in [5.41, 5.74) is 1.20. The van der Waals surface area contributed by atoms with Crippen molar-refractivity contribution < 1.29 is 4.74 Å². The zero-order chi connectivity index (χ0) is 18.6. The summed E-state index contributed by atoms with van der Waals surface area (Å²) in [5, 5.41) is 7.17. The number of hydrogen-bond donors (Lipinski definition) is 2. The predicted molar refractivity (Wildman–Crippen MR) is 126 cm³/mol. The molecule has 2 saturated heterocycles. The largest absolute Gasteiger partial charge is 0.493 e. The Morgan fingerprint density at radius 2 is 1.86 bits per heavy atom. The van der Waals surface area contributed by atoms with E-state index in [2.05, 4.69) is 51.8 Å². The number of piperidine rings is 2. The summed E-state index contributed by atoms with van der Waals surface area (Å²) in [5.74, 6) is 2.67. The van der Waals surface area contributed by atoms with Crippen LogP contribution >= 0.6 is 24.0 Å². The van der Waals surface area contributed by atoms with Gasteiger partial charge in [-0.2, -0.15) is 0 Å². The van der Waals surface area contributed by atoms with Crippen molar-refractivity contribution in [1.82, 2.24) is 15.5 Å². The number of para-hydroxylation sites is 1. The van der Waals surface area contributed by atoms with Crippen molar-refractivity contribution in [2.24, 2.45) is 10.9 Å². The Morgan fingerprint density at radius 1 is 1.14 bits per heavy atom. The first-order valence-electron chi connectivity index (χ1n) is 10.6. The lowest BCUT2D eigenvalue weighted by atomic mass is 9.82. The highest BCUT2D eigenvalue weighted by Crippen LogP contribution is 2.32. The number of rotatable bonds is 6. The minimum Gasteiger partial charge on any atom is -0.493 e. The molecule has 3 aliphatic rings. The minimum atomic E-state index is 0. The van der Waals surface area contributed by atoms with Gasteiger partial charge >= 0.3 is 0 Å². The number of guanidine groups is 1. The van der Waals surface area contributed by atoms with Gasteiger partial charge in [0.1, 0.15) is 5.75 Å². The lowest BCUT2D eigenvalue weighted by Gasteiger charge is -2.47.